The van der Waals surface area contributed by atoms with Gasteiger partial charge in [0.2, 0.25) is 0 Å². The molecule has 0 radical (unpaired) electrons. The molecule has 27 heavy (non-hydrogen) atoms. The predicted molar refractivity (Wildman–Crippen MR) is 109 cm³/mol. The molecular formula is C20H25N3O3S. The van der Waals surface area contributed by atoms with E-state index < -0.39 is 16.8 Å². The first-order valence-electron chi connectivity index (χ1n) is 8.56. The van der Waals surface area contributed by atoms with Gasteiger partial charge in [0.15, 0.2) is 0 Å². The van der Waals surface area contributed by atoms with Crippen LogP contribution >= 0.6 is 0 Å². The van der Waals surface area contributed by atoms with E-state index in [9.17, 15) is 13.8 Å². The van der Waals surface area contributed by atoms with Gasteiger partial charge in [-0.05, 0) is 56.2 Å². The van der Waals surface area contributed by atoms with Crippen molar-refractivity contribution in [2.24, 2.45) is 5.73 Å². The first-order valence-corrected chi connectivity index (χ1v) is 9.88. The normalized spacial score (nSPS) is 12.3. The molecule has 6 nitrogen and oxygen atoms in total. The molecule has 1 unspecified atom stereocenters. The molecule has 0 aromatic heterocycles. The molecule has 1 atom stereocenters. The van der Waals surface area contributed by atoms with Crippen LogP contribution in [0.4, 0.5) is 10.5 Å². The maximum Gasteiger partial charge on any atom is 0.312 e. The second-order valence-electron chi connectivity index (χ2n) is 7.17. The van der Waals surface area contributed by atoms with E-state index in [-0.39, 0.29) is 10.7 Å². The van der Waals surface area contributed by atoms with E-state index >= 15 is 0 Å². The molecule has 0 bridgehead atoms. The molecular weight excluding hydrogens is 362 g/mol. The summed E-state index contributed by atoms with van der Waals surface area (Å²) in [5, 5.41) is 5.35. The average Bonchev–Trinajstić information content (AvgIpc) is 2.60. The van der Waals surface area contributed by atoms with Gasteiger partial charge in [-0.1, -0.05) is 24.3 Å². The van der Waals surface area contributed by atoms with Crippen LogP contribution in [0.1, 0.15) is 42.3 Å². The summed E-state index contributed by atoms with van der Waals surface area (Å²) in [6.07, 6.45) is 0. The predicted octanol–water partition coefficient (Wildman–Crippen LogP) is 3.15. The highest BCUT2D eigenvalue weighted by molar-refractivity contribution is 7.85. The molecule has 3 amide bonds. The number of rotatable bonds is 6. The molecule has 2 aromatic carbocycles. The molecule has 0 aliphatic heterocycles. The van der Waals surface area contributed by atoms with E-state index in [1.165, 1.54) is 0 Å². The average molecular weight is 388 g/mol. The van der Waals surface area contributed by atoms with Crippen molar-refractivity contribution >= 4 is 28.4 Å². The van der Waals surface area contributed by atoms with Crippen LogP contribution in [0.5, 0.6) is 0 Å². The Hall–Kier alpha value is -2.67. The fourth-order valence-electron chi connectivity index (χ4n) is 2.27. The van der Waals surface area contributed by atoms with E-state index in [1.54, 1.807) is 30.3 Å². The molecule has 4 N–H and O–H groups in total. The fraction of sp³-hybridized carbons (Fsp3) is 0.300. The summed E-state index contributed by atoms with van der Waals surface area (Å²) in [6, 6.07) is 13.7. The highest BCUT2D eigenvalue weighted by Crippen LogP contribution is 2.19. The third kappa shape index (κ3) is 6.53. The van der Waals surface area contributed by atoms with Crippen LogP contribution in [0.2, 0.25) is 0 Å². The fourth-order valence-corrected chi connectivity index (χ4v) is 3.19. The SMILES string of the molecule is CC(C)(C)S(=O)Cc1cccc(NC(=O)c2ccc(CNC(N)=O)cc2)c1. The lowest BCUT2D eigenvalue weighted by atomic mass is 10.1. The molecule has 7 heteroatoms. The molecule has 2 rings (SSSR count). The smallest absolute Gasteiger partial charge is 0.312 e. The minimum Gasteiger partial charge on any atom is -0.352 e. The van der Waals surface area contributed by atoms with Crippen molar-refractivity contribution in [1.82, 2.24) is 5.32 Å². The van der Waals surface area contributed by atoms with Crippen LogP contribution in [0.3, 0.4) is 0 Å². The Bertz CT molecular complexity index is 842. The van der Waals surface area contributed by atoms with Crippen molar-refractivity contribution in [2.75, 3.05) is 5.32 Å². The Morgan fingerprint density at radius 1 is 1.04 bits per heavy atom. The van der Waals surface area contributed by atoms with Gasteiger partial charge in [0.05, 0.1) is 0 Å². The number of benzene rings is 2. The van der Waals surface area contributed by atoms with Crippen molar-refractivity contribution in [2.45, 2.75) is 37.8 Å². The minimum atomic E-state index is -1.00. The number of amides is 3. The second kappa shape index (κ2) is 8.81. The lowest BCUT2D eigenvalue weighted by molar-refractivity contribution is 0.102. The summed E-state index contributed by atoms with van der Waals surface area (Å²) in [7, 11) is -1.00. The van der Waals surface area contributed by atoms with Gasteiger partial charge in [-0.3, -0.25) is 9.00 Å². The van der Waals surface area contributed by atoms with E-state index in [2.05, 4.69) is 10.6 Å². The van der Waals surface area contributed by atoms with Crippen molar-refractivity contribution in [3.8, 4) is 0 Å². The quantitative estimate of drug-likeness (QED) is 0.709. The summed E-state index contributed by atoms with van der Waals surface area (Å²) in [5.41, 5.74) is 7.95. The first kappa shape index (κ1) is 20.6. The molecule has 0 fully saturated rings. The minimum absolute atomic E-state index is 0.237. The van der Waals surface area contributed by atoms with Crippen LogP contribution < -0.4 is 16.4 Å². The number of nitrogens with one attached hydrogen (secondary N) is 2. The number of primary amides is 1. The molecule has 0 aliphatic carbocycles. The summed E-state index contributed by atoms with van der Waals surface area (Å²) < 4.78 is 12.0. The molecule has 144 valence electrons. The van der Waals surface area contributed by atoms with Crippen LogP contribution in [0, 0.1) is 0 Å². The van der Waals surface area contributed by atoms with E-state index in [4.69, 9.17) is 5.73 Å². The third-order valence-electron chi connectivity index (χ3n) is 3.85. The van der Waals surface area contributed by atoms with Gasteiger partial charge in [-0.15, -0.1) is 0 Å². The summed E-state index contributed by atoms with van der Waals surface area (Å²) in [5.74, 6) is 0.202. The first-order chi connectivity index (χ1) is 12.6. The van der Waals surface area contributed by atoms with E-state index in [0.29, 0.717) is 23.5 Å². The largest absolute Gasteiger partial charge is 0.352 e. The van der Waals surface area contributed by atoms with Gasteiger partial charge in [-0.2, -0.15) is 0 Å². The van der Waals surface area contributed by atoms with Gasteiger partial charge < -0.3 is 16.4 Å². The van der Waals surface area contributed by atoms with Gasteiger partial charge >= 0.3 is 6.03 Å². The van der Waals surface area contributed by atoms with Gasteiger partial charge in [0.25, 0.3) is 5.91 Å². The molecule has 0 aliphatic rings. The Kier molecular flexibility index (Phi) is 6.74. The Morgan fingerprint density at radius 2 is 1.70 bits per heavy atom. The highest BCUT2D eigenvalue weighted by Gasteiger charge is 2.19. The number of nitrogens with two attached hydrogens (primary N) is 1. The standard InChI is InChI=1S/C20H25N3O3S/c1-20(2,3)27(26)13-15-5-4-6-17(11-15)23-18(24)16-9-7-14(8-10-16)12-22-19(21)25/h4-11H,12-13H2,1-3H3,(H,23,24)(H3,21,22,25). The van der Waals surface area contributed by atoms with Crippen LogP contribution in [0.15, 0.2) is 48.5 Å². The Labute approximate surface area is 162 Å². The molecule has 0 heterocycles. The molecule has 0 saturated carbocycles. The molecule has 0 spiro atoms. The lowest BCUT2D eigenvalue weighted by Crippen LogP contribution is -2.28. The summed E-state index contributed by atoms with van der Waals surface area (Å²) >= 11 is 0. The Balaban J connectivity index is 2.02. The zero-order valence-corrected chi connectivity index (χ0v) is 16.6. The number of anilines is 1. The topological polar surface area (TPSA) is 101 Å². The molecule has 2 aromatic rings. The summed E-state index contributed by atoms with van der Waals surface area (Å²) in [6.45, 7) is 6.14. The van der Waals surface area contributed by atoms with Crippen molar-refractivity contribution in [3.63, 3.8) is 0 Å². The number of carbonyl (C=O) groups excluding carboxylic acids is 2. The number of hydrogen-bond donors (Lipinski definition) is 3. The molecule has 0 saturated heterocycles. The van der Waals surface area contributed by atoms with Gasteiger partial charge in [0, 0.05) is 39.1 Å². The lowest BCUT2D eigenvalue weighted by Gasteiger charge is -2.18. The third-order valence-corrected chi connectivity index (χ3v) is 5.81. The number of carbonyl (C=O) groups is 2. The van der Waals surface area contributed by atoms with Crippen molar-refractivity contribution in [3.05, 3.63) is 65.2 Å². The Morgan fingerprint density at radius 3 is 2.30 bits per heavy atom. The highest BCUT2D eigenvalue weighted by atomic mass is 32.2. The van der Waals surface area contributed by atoms with Crippen LogP contribution in [0.25, 0.3) is 0 Å². The monoisotopic (exact) mass is 387 g/mol. The van der Waals surface area contributed by atoms with Gasteiger partial charge in [-0.25, -0.2) is 4.79 Å². The zero-order chi connectivity index (χ0) is 20.0. The number of urea groups is 1. The van der Waals surface area contributed by atoms with Crippen LogP contribution in [-0.2, 0) is 23.1 Å². The maximum atomic E-state index is 12.4. The van der Waals surface area contributed by atoms with Crippen LogP contribution in [-0.4, -0.2) is 20.9 Å². The number of hydrogen-bond acceptors (Lipinski definition) is 3. The maximum absolute atomic E-state index is 12.4. The summed E-state index contributed by atoms with van der Waals surface area (Å²) in [4.78, 5) is 23.2. The second-order valence-corrected chi connectivity index (χ2v) is 9.38. The van der Waals surface area contributed by atoms with E-state index in [0.717, 1.165) is 11.1 Å². The van der Waals surface area contributed by atoms with Crippen molar-refractivity contribution in [1.29, 1.82) is 0 Å². The zero-order valence-electron chi connectivity index (χ0n) is 15.7. The van der Waals surface area contributed by atoms with Crippen molar-refractivity contribution < 1.29 is 13.8 Å². The van der Waals surface area contributed by atoms with E-state index in [1.807, 2.05) is 39.0 Å². The van der Waals surface area contributed by atoms with Gasteiger partial charge in [0.1, 0.15) is 0 Å².